The normalized spacial score (nSPS) is 15.7. The zero-order valence-corrected chi connectivity index (χ0v) is 11.8. The van der Waals surface area contributed by atoms with Gasteiger partial charge in [-0.05, 0) is 30.4 Å². The van der Waals surface area contributed by atoms with Gasteiger partial charge in [-0.25, -0.2) is 4.79 Å². The summed E-state index contributed by atoms with van der Waals surface area (Å²) < 4.78 is 0. The number of carbonyl (C=O) groups excluding carboxylic acids is 1. The fourth-order valence-electron chi connectivity index (χ4n) is 2.70. The number of hydrogen-bond acceptors (Lipinski definition) is 2. The third kappa shape index (κ3) is 3.38. The van der Waals surface area contributed by atoms with Crippen LogP contribution in [-0.4, -0.2) is 23.0 Å². The van der Waals surface area contributed by atoms with Crippen molar-refractivity contribution in [1.29, 1.82) is 0 Å². The summed E-state index contributed by atoms with van der Waals surface area (Å²) in [4.78, 5) is 23.4. The SMILES string of the molecule is CCCCC(NC(=O)C1Cc2ccccc2C1)C(=O)O. The van der Waals surface area contributed by atoms with Crippen LogP contribution in [0.2, 0.25) is 0 Å². The van der Waals surface area contributed by atoms with E-state index in [4.69, 9.17) is 5.11 Å². The molecule has 1 unspecified atom stereocenters. The highest BCUT2D eigenvalue weighted by Gasteiger charge is 2.29. The van der Waals surface area contributed by atoms with Crippen molar-refractivity contribution in [2.75, 3.05) is 0 Å². The van der Waals surface area contributed by atoms with Crippen LogP contribution in [0.1, 0.15) is 37.3 Å². The van der Waals surface area contributed by atoms with Crippen molar-refractivity contribution in [2.24, 2.45) is 5.92 Å². The van der Waals surface area contributed by atoms with Gasteiger partial charge in [0, 0.05) is 5.92 Å². The summed E-state index contributed by atoms with van der Waals surface area (Å²) in [5, 5.41) is 11.8. The standard InChI is InChI=1S/C16H21NO3/c1-2-3-8-14(16(19)20)17-15(18)13-9-11-6-4-5-7-12(11)10-13/h4-7,13-14H,2-3,8-10H2,1H3,(H,17,18)(H,19,20). The van der Waals surface area contributed by atoms with Gasteiger partial charge in [0.2, 0.25) is 5.91 Å². The highest BCUT2D eigenvalue weighted by molar-refractivity contribution is 5.85. The first-order chi connectivity index (χ1) is 9.61. The van der Waals surface area contributed by atoms with E-state index in [1.165, 1.54) is 11.1 Å². The minimum absolute atomic E-state index is 0.129. The number of fused-ring (bicyclic) bond motifs is 1. The smallest absolute Gasteiger partial charge is 0.326 e. The van der Waals surface area contributed by atoms with Crippen molar-refractivity contribution in [2.45, 2.75) is 45.1 Å². The number of amides is 1. The molecule has 108 valence electrons. The Hall–Kier alpha value is -1.84. The molecule has 0 heterocycles. The molecule has 1 amide bonds. The molecule has 0 saturated heterocycles. The lowest BCUT2D eigenvalue weighted by atomic mass is 10.0. The number of carboxylic acids is 1. The summed E-state index contributed by atoms with van der Waals surface area (Å²) in [6.45, 7) is 2.01. The van der Waals surface area contributed by atoms with E-state index in [9.17, 15) is 9.59 Å². The summed E-state index contributed by atoms with van der Waals surface area (Å²) in [5.41, 5.74) is 2.40. The van der Waals surface area contributed by atoms with Crippen molar-refractivity contribution in [3.63, 3.8) is 0 Å². The van der Waals surface area contributed by atoms with Crippen LogP contribution >= 0.6 is 0 Å². The molecule has 2 rings (SSSR count). The Morgan fingerprint density at radius 3 is 2.40 bits per heavy atom. The molecule has 1 atom stereocenters. The fourth-order valence-corrected chi connectivity index (χ4v) is 2.70. The molecule has 1 aliphatic carbocycles. The highest BCUT2D eigenvalue weighted by Crippen LogP contribution is 2.26. The van der Waals surface area contributed by atoms with E-state index in [0.29, 0.717) is 19.3 Å². The van der Waals surface area contributed by atoms with Crippen molar-refractivity contribution in [3.8, 4) is 0 Å². The Kier molecular flexibility index (Phi) is 4.77. The largest absolute Gasteiger partial charge is 0.480 e. The van der Waals surface area contributed by atoms with Gasteiger partial charge in [-0.2, -0.15) is 0 Å². The van der Waals surface area contributed by atoms with E-state index < -0.39 is 12.0 Å². The van der Waals surface area contributed by atoms with Gasteiger partial charge in [0.25, 0.3) is 0 Å². The second-order valence-electron chi connectivity index (χ2n) is 5.42. The van der Waals surface area contributed by atoms with E-state index in [1.807, 2.05) is 31.2 Å². The van der Waals surface area contributed by atoms with Crippen molar-refractivity contribution in [1.82, 2.24) is 5.32 Å². The van der Waals surface area contributed by atoms with Crippen molar-refractivity contribution < 1.29 is 14.7 Å². The van der Waals surface area contributed by atoms with Crippen molar-refractivity contribution >= 4 is 11.9 Å². The quantitative estimate of drug-likeness (QED) is 0.836. The van der Waals surface area contributed by atoms with E-state index in [0.717, 1.165) is 12.8 Å². The minimum Gasteiger partial charge on any atom is -0.480 e. The predicted molar refractivity (Wildman–Crippen MR) is 76.4 cm³/mol. The Bertz CT molecular complexity index is 473. The molecule has 20 heavy (non-hydrogen) atoms. The second kappa shape index (κ2) is 6.55. The van der Waals surface area contributed by atoms with E-state index in [2.05, 4.69) is 5.32 Å². The van der Waals surface area contributed by atoms with E-state index in [-0.39, 0.29) is 11.8 Å². The number of carbonyl (C=O) groups is 2. The van der Waals surface area contributed by atoms with Gasteiger partial charge in [-0.15, -0.1) is 0 Å². The molecule has 0 bridgehead atoms. The molecule has 1 aromatic rings. The predicted octanol–water partition coefficient (Wildman–Crippen LogP) is 2.16. The van der Waals surface area contributed by atoms with Crippen LogP contribution in [0.5, 0.6) is 0 Å². The number of benzene rings is 1. The molecule has 0 aromatic heterocycles. The molecular formula is C16H21NO3. The van der Waals surface area contributed by atoms with Crippen LogP contribution in [0.3, 0.4) is 0 Å². The molecule has 0 saturated carbocycles. The van der Waals surface area contributed by atoms with Gasteiger partial charge in [-0.3, -0.25) is 4.79 Å². The number of rotatable bonds is 6. The van der Waals surface area contributed by atoms with Crippen LogP contribution in [0.4, 0.5) is 0 Å². The van der Waals surface area contributed by atoms with E-state index >= 15 is 0 Å². The average molecular weight is 275 g/mol. The number of hydrogen-bond donors (Lipinski definition) is 2. The maximum atomic E-state index is 12.2. The highest BCUT2D eigenvalue weighted by atomic mass is 16.4. The molecule has 4 heteroatoms. The number of carboxylic acid groups (broad SMARTS) is 1. The summed E-state index contributed by atoms with van der Waals surface area (Å²) in [6, 6.07) is 7.26. The lowest BCUT2D eigenvalue weighted by Crippen LogP contribution is -2.43. The number of aliphatic carboxylic acids is 1. The average Bonchev–Trinajstić information content (AvgIpc) is 2.86. The van der Waals surface area contributed by atoms with Gasteiger partial charge < -0.3 is 10.4 Å². The first-order valence-corrected chi connectivity index (χ1v) is 7.21. The molecule has 2 N–H and O–H groups in total. The Balaban J connectivity index is 1.94. The monoisotopic (exact) mass is 275 g/mol. The molecular weight excluding hydrogens is 254 g/mol. The zero-order chi connectivity index (χ0) is 14.5. The van der Waals surface area contributed by atoms with Crippen LogP contribution < -0.4 is 5.32 Å². The molecule has 0 radical (unpaired) electrons. The van der Waals surface area contributed by atoms with Crippen LogP contribution in [0, 0.1) is 5.92 Å². The maximum absolute atomic E-state index is 12.2. The topological polar surface area (TPSA) is 66.4 Å². The maximum Gasteiger partial charge on any atom is 0.326 e. The lowest BCUT2D eigenvalue weighted by molar-refractivity contribution is -0.142. The summed E-state index contributed by atoms with van der Waals surface area (Å²) in [6.07, 6.45) is 3.65. The Labute approximate surface area is 119 Å². The summed E-state index contributed by atoms with van der Waals surface area (Å²) in [5.74, 6) is -1.21. The summed E-state index contributed by atoms with van der Waals surface area (Å²) in [7, 11) is 0. The Morgan fingerprint density at radius 2 is 1.90 bits per heavy atom. The second-order valence-corrected chi connectivity index (χ2v) is 5.42. The molecule has 0 aliphatic heterocycles. The zero-order valence-electron chi connectivity index (χ0n) is 11.8. The van der Waals surface area contributed by atoms with Crippen LogP contribution in [0.25, 0.3) is 0 Å². The third-order valence-electron chi connectivity index (χ3n) is 3.88. The Morgan fingerprint density at radius 1 is 1.30 bits per heavy atom. The minimum atomic E-state index is -0.942. The van der Waals surface area contributed by atoms with Gasteiger partial charge >= 0.3 is 5.97 Å². The van der Waals surface area contributed by atoms with Crippen LogP contribution in [0.15, 0.2) is 24.3 Å². The van der Waals surface area contributed by atoms with Gasteiger partial charge in [0.1, 0.15) is 6.04 Å². The van der Waals surface area contributed by atoms with Gasteiger partial charge in [-0.1, -0.05) is 44.0 Å². The third-order valence-corrected chi connectivity index (χ3v) is 3.88. The molecule has 4 nitrogen and oxygen atoms in total. The fraction of sp³-hybridized carbons (Fsp3) is 0.500. The van der Waals surface area contributed by atoms with Crippen LogP contribution in [-0.2, 0) is 22.4 Å². The van der Waals surface area contributed by atoms with Gasteiger partial charge in [0.15, 0.2) is 0 Å². The molecule has 1 aromatic carbocycles. The van der Waals surface area contributed by atoms with Gasteiger partial charge in [0.05, 0.1) is 0 Å². The molecule has 0 fully saturated rings. The molecule has 1 aliphatic rings. The first-order valence-electron chi connectivity index (χ1n) is 7.21. The number of nitrogens with one attached hydrogen (secondary N) is 1. The summed E-state index contributed by atoms with van der Waals surface area (Å²) >= 11 is 0. The molecule has 0 spiro atoms. The number of unbranched alkanes of at least 4 members (excludes halogenated alkanes) is 1. The lowest BCUT2D eigenvalue weighted by Gasteiger charge is -2.17. The first kappa shape index (κ1) is 14.6. The van der Waals surface area contributed by atoms with Crippen molar-refractivity contribution in [3.05, 3.63) is 35.4 Å². The van der Waals surface area contributed by atoms with E-state index in [1.54, 1.807) is 0 Å².